The second kappa shape index (κ2) is 12.0. The van der Waals surface area contributed by atoms with Crippen LogP contribution in [0.2, 0.25) is 0 Å². The van der Waals surface area contributed by atoms with Crippen molar-refractivity contribution in [2.45, 2.75) is 39.3 Å². The van der Waals surface area contributed by atoms with Crippen LogP contribution in [-0.2, 0) is 14.3 Å². The lowest BCUT2D eigenvalue weighted by atomic mass is 10.0. The van der Waals surface area contributed by atoms with E-state index >= 15 is 0 Å². The number of ether oxygens (including phenoxy) is 3. The van der Waals surface area contributed by atoms with Gasteiger partial charge in [0.2, 0.25) is 5.91 Å². The number of anilines is 1. The SMILES string of the molecule is CCCN1C[C@H](C)[C@H](OC)CN(C)C(=O)c2ccc(NC(=O)COC)cc2OC[C@H]1C. The third-order valence-corrected chi connectivity index (χ3v) is 5.65. The fourth-order valence-electron chi connectivity index (χ4n) is 3.85. The minimum atomic E-state index is -0.265. The highest BCUT2D eigenvalue weighted by molar-refractivity contribution is 5.98. The molecule has 0 saturated heterocycles. The summed E-state index contributed by atoms with van der Waals surface area (Å²) in [6.45, 7) is 9.16. The summed E-state index contributed by atoms with van der Waals surface area (Å²) in [6.07, 6.45) is 0.969. The first-order valence-electron chi connectivity index (χ1n) is 10.9. The normalized spacial score (nSPS) is 23.4. The number of likely N-dealkylation sites (N-methyl/N-ethyl adjacent to an activating group) is 1. The number of carbonyl (C=O) groups is 2. The summed E-state index contributed by atoms with van der Waals surface area (Å²) in [6, 6.07) is 5.26. The summed E-state index contributed by atoms with van der Waals surface area (Å²) in [7, 11) is 4.94. The van der Waals surface area contributed by atoms with Crippen LogP contribution in [0.1, 0.15) is 37.6 Å². The third-order valence-electron chi connectivity index (χ3n) is 5.65. The van der Waals surface area contributed by atoms with E-state index in [9.17, 15) is 9.59 Å². The highest BCUT2D eigenvalue weighted by Gasteiger charge is 2.28. The fourth-order valence-corrected chi connectivity index (χ4v) is 3.85. The van der Waals surface area contributed by atoms with Gasteiger partial charge in [-0.25, -0.2) is 0 Å². The van der Waals surface area contributed by atoms with Gasteiger partial charge >= 0.3 is 0 Å². The van der Waals surface area contributed by atoms with E-state index in [0.717, 1.165) is 19.5 Å². The standard InChI is InChI=1S/C23H37N3O5/c1-7-10-26-12-16(2)21(30-6)13-25(4)23(28)19-9-8-18(24-22(27)15-29-5)11-20(19)31-14-17(26)3/h8-9,11,16-17,21H,7,10,12-15H2,1-6H3,(H,24,27)/t16-,17+,21+/m0/s1. The largest absolute Gasteiger partial charge is 0.491 e. The van der Waals surface area contributed by atoms with E-state index < -0.39 is 0 Å². The Hall–Kier alpha value is -2.16. The van der Waals surface area contributed by atoms with Gasteiger partial charge in [0, 0.05) is 52.2 Å². The van der Waals surface area contributed by atoms with E-state index in [-0.39, 0.29) is 36.5 Å². The van der Waals surface area contributed by atoms with Crippen molar-refractivity contribution in [3.63, 3.8) is 0 Å². The van der Waals surface area contributed by atoms with Crippen LogP contribution < -0.4 is 10.1 Å². The quantitative estimate of drug-likeness (QED) is 0.740. The molecule has 2 amide bonds. The summed E-state index contributed by atoms with van der Waals surface area (Å²) in [5.74, 6) is 0.306. The molecule has 0 aliphatic carbocycles. The number of rotatable bonds is 6. The molecule has 1 heterocycles. The van der Waals surface area contributed by atoms with Gasteiger partial charge in [0.15, 0.2) is 0 Å². The monoisotopic (exact) mass is 435 g/mol. The number of carbonyl (C=O) groups excluding carboxylic acids is 2. The van der Waals surface area contributed by atoms with Gasteiger partial charge in [-0.3, -0.25) is 14.5 Å². The average Bonchev–Trinajstić information content (AvgIpc) is 2.74. The van der Waals surface area contributed by atoms with Gasteiger partial charge in [0.05, 0.1) is 11.7 Å². The van der Waals surface area contributed by atoms with E-state index in [1.54, 1.807) is 37.3 Å². The van der Waals surface area contributed by atoms with E-state index in [2.05, 4.69) is 31.0 Å². The van der Waals surface area contributed by atoms with Crippen LogP contribution in [0.25, 0.3) is 0 Å². The lowest BCUT2D eigenvalue weighted by molar-refractivity contribution is -0.119. The lowest BCUT2D eigenvalue weighted by Gasteiger charge is -2.35. The Labute approximate surface area is 185 Å². The summed E-state index contributed by atoms with van der Waals surface area (Å²) in [5.41, 5.74) is 1.02. The van der Waals surface area contributed by atoms with Gasteiger partial charge in [-0.1, -0.05) is 13.8 Å². The highest BCUT2D eigenvalue weighted by Crippen LogP contribution is 2.27. The zero-order chi connectivity index (χ0) is 23.0. The number of hydrogen-bond donors (Lipinski definition) is 1. The van der Waals surface area contributed by atoms with Gasteiger partial charge in [-0.2, -0.15) is 0 Å². The molecule has 1 N–H and O–H groups in total. The van der Waals surface area contributed by atoms with Gasteiger partial charge in [-0.15, -0.1) is 0 Å². The number of fused-ring (bicyclic) bond motifs is 1. The van der Waals surface area contributed by atoms with Crippen LogP contribution in [0.3, 0.4) is 0 Å². The Kier molecular flexibility index (Phi) is 9.74. The summed E-state index contributed by atoms with van der Waals surface area (Å²) in [5, 5.41) is 2.77. The van der Waals surface area contributed by atoms with Crippen molar-refractivity contribution in [2.75, 3.05) is 59.4 Å². The zero-order valence-corrected chi connectivity index (χ0v) is 19.6. The van der Waals surface area contributed by atoms with Gasteiger partial charge < -0.3 is 24.4 Å². The molecule has 1 aliphatic heterocycles. The van der Waals surface area contributed by atoms with Crippen LogP contribution in [0.15, 0.2) is 18.2 Å². The Balaban J connectivity index is 2.38. The van der Waals surface area contributed by atoms with Crippen LogP contribution in [0, 0.1) is 5.92 Å². The Morgan fingerprint density at radius 1 is 1.26 bits per heavy atom. The number of amides is 2. The predicted molar refractivity (Wildman–Crippen MR) is 121 cm³/mol. The average molecular weight is 436 g/mol. The van der Waals surface area contributed by atoms with Gasteiger partial charge in [-0.05, 0) is 37.9 Å². The van der Waals surface area contributed by atoms with E-state index in [1.165, 1.54) is 7.11 Å². The van der Waals surface area contributed by atoms with Crippen molar-refractivity contribution in [2.24, 2.45) is 5.92 Å². The molecule has 174 valence electrons. The maximum Gasteiger partial charge on any atom is 0.257 e. The fraction of sp³-hybridized carbons (Fsp3) is 0.652. The molecule has 1 aliphatic rings. The minimum Gasteiger partial charge on any atom is -0.491 e. The minimum absolute atomic E-state index is 0.0424. The maximum absolute atomic E-state index is 13.2. The molecule has 2 rings (SSSR count). The molecule has 0 aromatic heterocycles. The van der Waals surface area contributed by atoms with Gasteiger partial charge in [0.25, 0.3) is 5.91 Å². The first-order valence-corrected chi connectivity index (χ1v) is 10.9. The molecule has 8 nitrogen and oxygen atoms in total. The Morgan fingerprint density at radius 2 is 2.00 bits per heavy atom. The molecular formula is C23H37N3O5. The summed E-state index contributed by atoms with van der Waals surface area (Å²) >= 11 is 0. The zero-order valence-electron chi connectivity index (χ0n) is 19.6. The van der Waals surface area contributed by atoms with E-state index in [0.29, 0.717) is 30.2 Å². The number of nitrogens with zero attached hydrogens (tertiary/aromatic N) is 2. The number of methoxy groups -OCH3 is 2. The number of benzene rings is 1. The van der Waals surface area contributed by atoms with Crippen LogP contribution >= 0.6 is 0 Å². The van der Waals surface area contributed by atoms with Crippen LogP contribution in [0.4, 0.5) is 5.69 Å². The topological polar surface area (TPSA) is 80.3 Å². The summed E-state index contributed by atoms with van der Waals surface area (Å²) in [4.78, 5) is 29.2. The van der Waals surface area contributed by atoms with Crippen molar-refractivity contribution in [3.8, 4) is 5.75 Å². The first kappa shape index (κ1) is 25.1. The Bertz CT molecular complexity index is 742. The second-order valence-corrected chi connectivity index (χ2v) is 8.28. The van der Waals surface area contributed by atoms with Crippen LogP contribution in [0.5, 0.6) is 5.75 Å². The molecule has 0 radical (unpaired) electrons. The highest BCUT2D eigenvalue weighted by atomic mass is 16.5. The molecule has 0 unspecified atom stereocenters. The van der Waals surface area contributed by atoms with Crippen molar-refractivity contribution in [1.82, 2.24) is 9.80 Å². The van der Waals surface area contributed by atoms with Crippen molar-refractivity contribution in [1.29, 1.82) is 0 Å². The molecule has 0 saturated carbocycles. The second-order valence-electron chi connectivity index (χ2n) is 8.28. The molecule has 0 fully saturated rings. The smallest absolute Gasteiger partial charge is 0.257 e. The first-order chi connectivity index (χ1) is 14.8. The molecule has 8 heteroatoms. The van der Waals surface area contributed by atoms with Crippen molar-refractivity contribution in [3.05, 3.63) is 23.8 Å². The van der Waals surface area contributed by atoms with Gasteiger partial charge in [0.1, 0.15) is 19.0 Å². The molecule has 3 atom stereocenters. The molecule has 0 spiro atoms. The van der Waals surface area contributed by atoms with Crippen molar-refractivity contribution < 1.29 is 23.8 Å². The summed E-state index contributed by atoms with van der Waals surface area (Å²) < 4.78 is 16.8. The molecule has 31 heavy (non-hydrogen) atoms. The third kappa shape index (κ3) is 6.92. The van der Waals surface area contributed by atoms with E-state index in [1.807, 2.05) is 0 Å². The van der Waals surface area contributed by atoms with Crippen LogP contribution in [-0.4, -0.2) is 87.9 Å². The molecular weight excluding hydrogens is 398 g/mol. The molecule has 0 bridgehead atoms. The van der Waals surface area contributed by atoms with E-state index in [4.69, 9.17) is 14.2 Å². The lowest BCUT2D eigenvalue weighted by Crippen LogP contribution is -2.46. The Morgan fingerprint density at radius 3 is 2.65 bits per heavy atom. The maximum atomic E-state index is 13.2. The number of hydrogen-bond acceptors (Lipinski definition) is 6. The van der Waals surface area contributed by atoms with Crippen molar-refractivity contribution >= 4 is 17.5 Å². The number of nitrogens with one attached hydrogen (secondary N) is 1. The molecule has 1 aromatic carbocycles. The predicted octanol–water partition coefficient (Wildman–Crippen LogP) is 2.49. The molecule has 1 aromatic rings.